The van der Waals surface area contributed by atoms with E-state index >= 15 is 0 Å². The SMILES string of the molecule is Cc1nc2c(F)cc(-c3nc(Nc4ccc(CN5CCOC(C)(CC(C)O)C5)cn4)ncc3F)cc2n1C(C)C.Cc1nc2c(F)cc(-c3nc(Nc4ccc(CN5CCOC6(CCNC6)C5)cn4)ncc3F)cc2n1C(C)C. The van der Waals surface area contributed by atoms with Gasteiger partial charge in [-0.25, -0.2) is 57.4 Å². The minimum absolute atomic E-state index is 0.00160. The molecule has 11 rings (SSSR count). The molecule has 416 valence electrons. The Morgan fingerprint density at radius 1 is 0.633 bits per heavy atom. The third kappa shape index (κ3) is 12.4. The minimum atomic E-state index is -0.659. The maximum Gasteiger partial charge on any atom is 0.229 e. The van der Waals surface area contributed by atoms with Gasteiger partial charge < -0.3 is 39.7 Å². The Hall–Kier alpha value is -7.08. The van der Waals surface area contributed by atoms with Gasteiger partial charge in [0.05, 0.1) is 53.9 Å². The molecule has 0 bridgehead atoms. The summed E-state index contributed by atoms with van der Waals surface area (Å²) in [5, 5.41) is 19.3. The highest BCUT2D eigenvalue weighted by molar-refractivity contribution is 5.84. The number of nitrogens with zero attached hydrogens (tertiary/aromatic N) is 12. The lowest BCUT2D eigenvalue weighted by Gasteiger charge is -2.41. The summed E-state index contributed by atoms with van der Waals surface area (Å²) in [6.45, 7) is 23.4. The first-order chi connectivity index (χ1) is 37.8. The first-order valence-corrected chi connectivity index (χ1v) is 26.8. The monoisotopic (exact) mass is 1090 g/mol. The van der Waals surface area contributed by atoms with E-state index < -0.39 is 29.4 Å². The number of halogens is 4. The van der Waals surface area contributed by atoms with Crippen molar-refractivity contribution < 1.29 is 32.1 Å². The summed E-state index contributed by atoms with van der Waals surface area (Å²) >= 11 is 0. The van der Waals surface area contributed by atoms with Crippen molar-refractivity contribution in [2.45, 2.75) is 111 Å². The fourth-order valence-corrected chi connectivity index (χ4v) is 11.2. The number of anilines is 4. The highest BCUT2D eigenvalue weighted by Crippen LogP contribution is 2.34. The Labute approximate surface area is 456 Å². The van der Waals surface area contributed by atoms with Crippen LogP contribution in [-0.2, 0) is 22.6 Å². The fourth-order valence-electron chi connectivity index (χ4n) is 11.2. The van der Waals surface area contributed by atoms with Crippen LogP contribution in [0.15, 0.2) is 73.3 Å². The number of ether oxygens (including phenoxy) is 2. The van der Waals surface area contributed by atoms with Crippen LogP contribution < -0.4 is 16.0 Å². The number of imidazole rings is 2. The molecule has 18 nitrogen and oxygen atoms in total. The van der Waals surface area contributed by atoms with Gasteiger partial charge in [-0.3, -0.25) is 9.80 Å². The molecular formula is C57H67F4N15O3. The molecule has 0 aliphatic carbocycles. The second-order valence-corrected chi connectivity index (χ2v) is 21.8. The summed E-state index contributed by atoms with van der Waals surface area (Å²) in [4.78, 5) is 39.2. The van der Waals surface area contributed by atoms with Crippen LogP contribution in [0.4, 0.5) is 41.1 Å². The maximum atomic E-state index is 15.0. The predicted octanol–water partition coefficient (Wildman–Crippen LogP) is 9.52. The number of aromatic nitrogens is 10. The van der Waals surface area contributed by atoms with Gasteiger partial charge in [-0.1, -0.05) is 12.1 Å². The van der Waals surface area contributed by atoms with Crippen molar-refractivity contribution in [2.24, 2.45) is 0 Å². The lowest BCUT2D eigenvalue weighted by molar-refractivity contribution is -0.117. The smallest absolute Gasteiger partial charge is 0.229 e. The number of hydrogen-bond donors (Lipinski definition) is 4. The quantitative estimate of drug-likeness (QED) is 0.0752. The van der Waals surface area contributed by atoms with Gasteiger partial charge in [0.1, 0.15) is 45.7 Å². The second-order valence-electron chi connectivity index (χ2n) is 21.8. The summed E-state index contributed by atoms with van der Waals surface area (Å²) < 4.78 is 75.5. The number of aryl methyl sites for hydroxylation is 2. The molecule has 6 aromatic heterocycles. The van der Waals surface area contributed by atoms with Gasteiger partial charge in [-0.05, 0) is 116 Å². The fraction of sp³-hybridized carbons (Fsp3) is 0.439. The molecule has 79 heavy (non-hydrogen) atoms. The molecule has 22 heteroatoms. The van der Waals surface area contributed by atoms with E-state index in [0.717, 1.165) is 75.8 Å². The van der Waals surface area contributed by atoms with Crippen molar-refractivity contribution in [1.29, 1.82) is 0 Å². The molecule has 3 atom stereocenters. The summed E-state index contributed by atoms with van der Waals surface area (Å²) in [6, 6.07) is 13.7. The van der Waals surface area contributed by atoms with E-state index in [1.165, 1.54) is 12.1 Å². The molecule has 0 saturated carbocycles. The second kappa shape index (κ2) is 22.9. The van der Waals surface area contributed by atoms with Gasteiger partial charge in [-0.2, -0.15) is 0 Å². The number of benzene rings is 2. The van der Waals surface area contributed by atoms with Crippen LogP contribution in [0.5, 0.6) is 0 Å². The zero-order valence-electron chi connectivity index (χ0n) is 45.8. The third-order valence-corrected chi connectivity index (χ3v) is 14.5. The van der Waals surface area contributed by atoms with E-state index in [2.05, 4.69) is 65.6 Å². The van der Waals surface area contributed by atoms with Crippen LogP contribution in [-0.4, -0.2) is 134 Å². The summed E-state index contributed by atoms with van der Waals surface area (Å²) in [6.07, 6.45) is 6.92. The molecule has 4 N–H and O–H groups in total. The Bertz CT molecular complexity index is 3460. The van der Waals surface area contributed by atoms with Gasteiger partial charge in [0.2, 0.25) is 11.9 Å². The van der Waals surface area contributed by atoms with E-state index in [4.69, 9.17) is 9.47 Å². The van der Waals surface area contributed by atoms with Crippen LogP contribution in [0.2, 0.25) is 0 Å². The van der Waals surface area contributed by atoms with Crippen molar-refractivity contribution >= 4 is 45.6 Å². The first-order valence-electron chi connectivity index (χ1n) is 26.8. The number of aliphatic hydroxyl groups excluding tert-OH is 1. The van der Waals surface area contributed by atoms with Gasteiger partial charge in [0, 0.05) is 87.8 Å². The Morgan fingerprint density at radius 3 is 1.57 bits per heavy atom. The highest BCUT2D eigenvalue weighted by Gasteiger charge is 2.39. The summed E-state index contributed by atoms with van der Waals surface area (Å²) in [7, 11) is 0. The average Bonchev–Trinajstić information content (AvgIpc) is 4.29. The molecule has 1 spiro atoms. The Balaban J connectivity index is 0.000000178. The zero-order valence-corrected chi connectivity index (χ0v) is 45.8. The molecule has 8 aromatic rings. The predicted molar refractivity (Wildman–Crippen MR) is 294 cm³/mol. The Morgan fingerprint density at radius 2 is 1.13 bits per heavy atom. The number of rotatable bonds is 14. The van der Waals surface area contributed by atoms with Gasteiger partial charge in [0.15, 0.2) is 23.3 Å². The van der Waals surface area contributed by atoms with Gasteiger partial charge in [0.25, 0.3) is 0 Å². The van der Waals surface area contributed by atoms with Crippen molar-refractivity contribution in [3.8, 4) is 22.5 Å². The van der Waals surface area contributed by atoms with Crippen LogP contribution in [0, 0.1) is 37.1 Å². The van der Waals surface area contributed by atoms with Crippen LogP contribution in [0.3, 0.4) is 0 Å². The van der Waals surface area contributed by atoms with Gasteiger partial charge >= 0.3 is 0 Å². The molecule has 3 unspecified atom stereocenters. The molecule has 9 heterocycles. The summed E-state index contributed by atoms with van der Waals surface area (Å²) in [5.41, 5.74) is 3.92. The van der Waals surface area contributed by atoms with Crippen LogP contribution in [0.1, 0.15) is 89.2 Å². The summed E-state index contributed by atoms with van der Waals surface area (Å²) in [5.74, 6) is 0.364. The lowest BCUT2D eigenvalue weighted by atomic mass is 9.96. The molecule has 3 aliphatic rings. The first kappa shape index (κ1) is 55.2. The average molecular weight is 1090 g/mol. The molecule has 0 amide bonds. The van der Waals surface area contributed by atoms with E-state index in [1.54, 1.807) is 25.3 Å². The normalized spacial score (nSPS) is 19.4. The van der Waals surface area contributed by atoms with Crippen LogP contribution >= 0.6 is 0 Å². The van der Waals surface area contributed by atoms with E-state index in [9.17, 15) is 22.7 Å². The molecule has 0 radical (unpaired) electrons. The number of morpholine rings is 2. The molecular weight excluding hydrogens is 1020 g/mol. The molecule has 3 saturated heterocycles. The largest absolute Gasteiger partial charge is 0.393 e. The lowest BCUT2D eigenvalue weighted by Crippen LogP contribution is -2.52. The third-order valence-electron chi connectivity index (χ3n) is 14.5. The van der Waals surface area contributed by atoms with Crippen molar-refractivity contribution in [3.63, 3.8) is 0 Å². The minimum Gasteiger partial charge on any atom is -0.393 e. The van der Waals surface area contributed by atoms with Crippen molar-refractivity contribution in [3.05, 3.63) is 119 Å². The van der Waals surface area contributed by atoms with E-state index in [1.807, 2.05) is 88.1 Å². The van der Waals surface area contributed by atoms with E-state index in [-0.39, 0.29) is 57.6 Å². The van der Waals surface area contributed by atoms with Crippen molar-refractivity contribution in [1.82, 2.24) is 64.1 Å². The number of fused-ring (bicyclic) bond motifs is 2. The standard InChI is InChI=1S/C29H35F2N7O2.C28H32F2N8O/c1-17(2)38-19(4)34-27-22(30)10-21(11-24(27)38)26-23(31)14-33-28(36-26)35-25-7-6-20(13-32-25)15-37-8-9-40-29(5,16-37)12-18(3)39;1-17(2)38-18(3)34-26-21(29)10-20(11-23(26)38)25-22(30)13-33-27(36-25)35-24-5-4-19(12-32-24)14-37-8-9-39-28(16-37)6-7-31-15-28/h6-7,10-11,13-14,17-18,39H,8-9,12,15-16H2,1-5H3,(H,32,33,35,36);4-5,10-13,17,31H,6-9,14-16H2,1-3H3,(H,32,33,35,36). The van der Waals surface area contributed by atoms with Crippen molar-refractivity contribution in [2.75, 3.05) is 63.1 Å². The van der Waals surface area contributed by atoms with E-state index in [0.29, 0.717) is 71.6 Å². The number of nitrogens with one attached hydrogen (secondary N) is 3. The van der Waals surface area contributed by atoms with Crippen LogP contribution in [0.25, 0.3) is 44.6 Å². The number of pyridine rings is 2. The van der Waals surface area contributed by atoms with Gasteiger partial charge in [-0.15, -0.1) is 0 Å². The highest BCUT2D eigenvalue weighted by atomic mass is 19.1. The number of hydrogen-bond acceptors (Lipinski definition) is 16. The molecule has 2 aromatic carbocycles. The molecule has 3 aliphatic heterocycles. The topological polar surface area (TPSA) is 194 Å². The Kier molecular flexibility index (Phi) is 16.0. The maximum absolute atomic E-state index is 15.0. The number of aliphatic hydroxyl groups is 1. The molecule has 3 fully saturated rings. The zero-order chi connectivity index (χ0) is 55.8.